The van der Waals surface area contributed by atoms with Crippen LogP contribution in [0.4, 0.5) is 5.95 Å². The number of imidazole rings is 1. The lowest BCUT2D eigenvalue weighted by Crippen LogP contribution is -2.37. The number of fused-ring (bicyclic) bond motifs is 1. The van der Waals surface area contributed by atoms with Gasteiger partial charge in [0.05, 0.1) is 12.3 Å². The van der Waals surface area contributed by atoms with E-state index in [-0.39, 0.29) is 0 Å². The zero-order valence-electron chi connectivity index (χ0n) is 18.0. The van der Waals surface area contributed by atoms with Crippen LogP contribution in [0, 0.1) is 6.92 Å². The van der Waals surface area contributed by atoms with Gasteiger partial charge in [-0.2, -0.15) is 10.1 Å². The predicted molar refractivity (Wildman–Crippen MR) is 123 cm³/mol. The Morgan fingerprint density at radius 3 is 2.35 bits per heavy atom. The van der Waals surface area contributed by atoms with Crippen LogP contribution in [0.15, 0.2) is 69.3 Å². The van der Waals surface area contributed by atoms with Gasteiger partial charge >= 0.3 is 5.69 Å². The summed E-state index contributed by atoms with van der Waals surface area (Å²) in [6, 6.07) is 17.8. The summed E-state index contributed by atoms with van der Waals surface area (Å²) < 4.78 is 4.24. The molecule has 0 radical (unpaired) electrons. The van der Waals surface area contributed by atoms with E-state index in [0.717, 1.165) is 27.0 Å². The molecule has 1 N–H and O–H groups in total. The third kappa shape index (κ3) is 3.79. The van der Waals surface area contributed by atoms with E-state index in [2.05, 4.69) is 15.5 Å². The van der Waals surface area contributed by atoms with Crippen molar-refractivity contribution in [2.75, 3.05) is 5.43 Å². The van der Waals surface area contributed by atoms with Crippen LogP contribution in [-0.2, 0) is 20.6 Å². The molecule has 8 nitrogen and oxygen atoms in total. The summed E-state index contributed by atoms with van der Waals surface area (Å²) in [5.74, 6) is 0.393. The van der Waals surface area contributed by atoms with Crippen LogP contribution in [0.1, 0.15) is 23.6 Å². The first-order valence-corrected chi connectivity index (χ1v) is 9.94. The molecule has 0 bridgehead atoms. The van der Waals surface area contributed by atoms with Crippen molar-refractivity contribution in [3.05, 3.63) is 92.1 Å². The standard InChI is InChI=1S/C23H24N6O2/c1-15-10-12-17(13-11-15)14-29-19-20(27(3)23(31)28(4)21(19)30)24-22(29)26-25-16(2)18-8-6-5-7-9-18/h5-13H,14H2,1-4H3,(H,24,26)/b25-16-. The molecule has 158 valence electrons. The maximum Gasteiger partial charge on any atom is 0.332 e. The second-order valence-electron chi connectivity index (χ2n) is 7.56. The highest BCUT2D eigenvalue weighted by Gasteiger charge is 2.19. The van der Waals surface area contributed by atoms with Crippen LogP contribution >= 0.6 is 0 Å². The fourth-order valence-corrected chi connectivity index (χ4v) is 3.44. The van der Waals surface area contributed by atoms with Crippen molar-refractivity contribution in [3.8, 4) is 0 Å². The van der Waals surface area contributed by atoms with Crippen LogP contribution in [0.3, 0.4) is 0 Å². The van der Waals surface area contributed by atoms with E-state index in [1.54, 1.807) is 11.6 Å². The molecule has 0 aliphatic rings. The quantitative estimate of drug-likeness (QED) is 0.400. The smallest absolute Gasteiger partial charge is 0.298 e. The number of aryl methyl sites for hydroxylation is 2. The van der Waals surface area contributed by atoms with Crippen molar-refractivity contribution in [2.45, 2.75) is 20.4 Å². The molecule has 0 saturated heterocycles. The molecule has 4 rings (SSSR count). The summed E-state index contributed by atoms with van der Waals surface area (Å²) in [7, 11) is 3.08. The average molecular weight is 416 g/mol. The van der Waals surface area contributed by atoms with Crippen molar-refractivity contribution in [1.29, 1.82) is 0 Å². The van der Waals surface area contributed by atoms with E-state index in [9.17, 15) is 9.59 Å². The molecular formula is C23H24N6O2. The SMILES string of the molecule is C/C(=N/Nc1nc2c(c(=O)n(C)c(=O)n2C)n1Cc1ccc(C)cc1)c1ccccc1. The number of hydrazone groups is 1. The van der Waals surface area contributed by atoms with Gasteiger partial charge in [0.1, 0.15) is 0 Å². The minimum atomic E-state index is -0.423. The van der Waals surface area contributed by atoms with E-state index in [0.29, 0.717) is 23.7 Å². The number of aromatic nitrogens is 4. The van der Waals surface area contributed by atoms with Crippen molar-refractivity contribution in [1.82, 2.24) is 18.7 Å². The van der Waals surface area contributed by atoms with Crippen LogP contribution in [0.2, 0.25) is 0 Å². The first-order chi connectivity index (χ1) is 14.9. The number of hydrogen-bond donors (Lipinski definition) is 1. The summed E-state index contributed by atoms with van der Waals surface area (Å²) in [5, 5.41) is 4.47. The van der Waals surface area contributed by atoms with Gasteiger partial charge in [-0.15, -0.1) is 0 Å². The van der Waals surface area contributed by atoms with Gasteiger partial charge in [0.2, 0.25) is 5.95 Å². The highest BCUT2D eigenvalue weighted by atomic mass is 16.2. The summed E-state index contributed by atoms with van der Waals surface area (Å²) in [6.45, 7) is 4.33. The Labute approximate surface area is 179 Å². The number of anilines is 1. The number of nitrogens with zero attached hydrogens (tertiary/aromatic N) is 5. The molecule has 0 spiro atoms. The minimum absolute atomic E-state index is 0.315. The summed E-state index contributed by atoms with van der Waals surface area (Å²) >= 11 is 0. The Bertz CT molecular complexity index is 1390. The van der Waals surface area contributed by atoms with E-state index >= 15 is 0 Å². The van der Waals surface area contributed by atoms with Crippen LogP contribution in [-0.4, -0.2) is 24.4 Å². The Kier molecular flexibility index (Phi) is 5.29. The zero-order valence-corrected chi connectivity index (χ0v) is 18.0. The predicted octanol–water partition coefficient (Wildman–Crippen LogP) is 2.63. The Balaban J connectivity index is 1.86. The third-order valence-electron chi connectivity index (χ3n) is 5.32. The fraction of sp³-hybridized carbons (Fsp3) is 0.217. The number of hydrogen-bond acceptors (Lipinski definition) is 5. The monoisotopic (exact) mass is 416 g/mol. The Morgan fingerprint density at radius 1 is 1.00 bits per heavy atom. The zero-order chi connectivity index (χ0) is 22.1. The van der Waals surface area contributed by atoms with Crippen molar-refractivity contribution in [3.63, 3.8) is 0 Å². The van der Waals surface area contributed by atoms with Gasteiger partial charge < -0.3 is 0 Å². The molecule has 0 atom stereocenters. The topological polar surface area (TPSA) is 86.2 Å². The summed E-state index contributed by atoms with van der Waals surface area (Å²) in [5.41, 5.74) is 6.75. The minimum Gasteiger partial charge on any atom is -0.298 e. The summed E-state index contributed by atoms with van der Waals surface area (Å²) in [4.78, 5) is 29.9. The first kappa shape index (κ1) is 20.3. The molecule has 2 aromatic carbocycles. The third-order valence-corrected chi connectivity index (χ3v) is 5.32. The lowest BCUT2D eigenvalue weighted by molar-refractivity contribution is 0.702. The van der Waals surface area contributed by atoms with Gasteiger partial charge in [0.15, 0.2) is 11.2 Å². The highest BCUT2D eigenvalue weighted by molar-refractivity contribution is 5.99. The second-order valence-corrected chi connectivity index (χ2v) is 7.56. The Hall–Kier alpha value is -3.94. The maximum absolute atomic E-state index is 13.0. The molecule has 31 heavy (non-hydrogen) atoms. The highest BCUT2D eigenvalue weighted by Crippen LogP contribution is 2.18. The summed E-state index contributed by atoms with van der Waals surface area (Å²) in [6.07, 6.45) is 0. The van der Waals surface area contributed by atoms with Crippen molar-refractivity contribution < 1.29 is 0 Å². The molecule has 0 fully saturated rings. The van der Waals surface area contributed by atoms with Gasteiger partial charge in [-0.05, 0) is 25.0 Å². The maximum atomic E-state index is 13.0. The average Bonchev–Trinajstić information content (AvgIpc) is 3.15. The second kappa shape index (κ2) is 8.06. The van der Waals surface area contributed by atoms with Crippen LogP contribution < -0.4 is 16.7 Å². The molecular weight excluding hydrogens is 392 g/mol. The van der Waals surface area contributed by atoms with E-state index in [4.69, 9.17) is 0 Å². The Morgan fingerprint density at radius 2 is 1.68 bits per heavy atom. The number of rotatable bonds is 5. The molecule has 0 aliphatic heterocycles. The molecule has 2 aromatic heterocycles. The van der Waals surface area contributed by atoms with Gasteiger partial charge in [-0.25, -0.2) is 10.2 Å². The lowest BCUT2D eigenvalue weighted by Gasteiger charge is -2.10. The molecule has 0 aliphatic carbocycles. The molecule has 0 unspecified atom stereocenters. The number of nitrogens with one attached hydrogen (secondary N) is 1. The van der Waals surface area contributed by atoms with Gasteiger partial charge in [0, 0.05) is 14.1 Å². The van der Waals surface area contributed by atoms with Gasteiger partial charge in [0.25, 0.3) is 5.56 Å². The van der Waals surface area contributed by atoms with E-state index in [1.165, 1.54) is 11.6 Å². The molecule has 4 aromatic rings. The van der Waals surface area contributed by atoms with Crippen molar-refractivity contribution >= 4 is 22.8 Å². The van der Waals surface area contributed by atoms with Crippen LogP contribution in [0.5, 0.6) is 0 Å². The molecule has 2 heterocycles. The van der Waals surface area contributed by atoms with E-state index < -0.39 is 11.2 Å². The van der Waals surface area contributed by atoms with Crippen molar-refractivity contribution in [2.24, 2.45) is 19.2 Å². The normalized spacial score (nSPS) is 11.8. The van der Waals surface area contributed by atoms with Gasteiger partial charge in [-0.1, -0.05) is 60.2 Å². The lowest BCUT2D eigenvalue weighted by atomic mass is 10.1. The molecule has 0 amide bonds. The first-order valence-electron chi connectivity index (χ1n) is 9.94. The molecule has 8 heteroatoms. The number of benzene rings is 2. The van der Waals surface area contributed by atoms with Gasteiger partial charge in [-0.3, -0.25) is 18.5 Å². The fourth-order valence-electron chi connectivity index (χ4n) is 3.44. The van der Waals surface area contributed by atoms with Crippen LogP contribution in [0.25, 0.3) is 11.2 Å². The largest absolute Gasteiger partial charge is 0.332 e. The molecule has 0 saturated carbocycles. The van der Waals surface area contributed by atoms with E-state index in [1.807, 2.05) is 68.4 Å².